The first-order valence-corrected chi connectivity index (χ1v) is 10.3. The quantitative estimate of drug-likeness (QED) is 0.776. The van der Waals surface area contributed by atoms with Crippen LogP contribution in [-0.4, -0.2) is 49.1 Å². The van der Waals surface area contributed by atoms with Gasteiger partial charge in [-0.1, -0.05) is 38.5 Å². The number of hydrogen-bond acceptors (Lipinski definition) is 3. The van der Waals surface area contributed by atoms with E-state index in [0.29, 0.717) is 25.6 Å². The third-order valence-corrected chi connectivity index (χ3v) is 6.65. The van der Waals surface area contributed by atoms with Crippen LogP contribution in [0.3, 0.4) is 0 Å². The summed E-state index contributed by atoms with van der Waals surface area (Å²) in [6, 6.07) is 0.389. The van der Waals surface area contributed by atoms with E-state index in [0.717, 1.165) is 44.9 Å². The molecule has 1 saturated heterocycles. The summed E-state index contributed by atoms with van der Waals surface area (Å²) >= 11 is 0. The number of piperidine rings is 1. The van der Waals surface area contributed by atoms with Crippen LogP contribution in [0.5, 0.6) is 0 Å². The van der Waals surface area contributed by atoms with Crippen LogP contribution < -0.4 is 5.32 Å². The monoisotopic (exact) mass is 350 g/mol. The van der Waals surface area contributed by atoms with Gasteiger partial charge in [-0.2, -0.15) is 0 Å². The molecule has 25 heavy (non-hydrogen) atoms. The van der Waals surface area contributed by atoms with E-state index in [9.17, 15) is 9.59 Å². The van der Waals surface area contributed by atoms with Crippen LogP contribution in [0.2, 0.25) is 0 Å². The number of fused-ring (bicyclic) bond motifs is 1. The molecule has 1 heterocycles. The van der Waals surface area contributed by atoms with Crippen LogP contribution in [0.1, 0.15) is 77.0 Å². The third kappa shape index (κ3) is 4.02. The molecule has 2 aliphatic carbocycles. The molecule has 2 saturated carbocycles. The largest absolute Gasteiger partial charge is 0.383 e. The number of ether oxygens (including phenoxy) is 1. The maximum absolute atomic E-state index is 13.4. The molecule has 5 heteroatoms. The highest BCUT2D eigenvalue weighted by Gasteiger charge is 2.53. The molecule has 0 unspecified atom stereocenters. The Morgan fingerprint density at radius 3 is 2.56 bits per heavy atom. The Morgan fingerprint density at radius 1 is 1.12 bits per heavy atom. The zero-order valence-electron chi connectivity index (χ0n) is 15.7. The Labute approximate surface area is 151 Å². The number of rotatable bonds is 5. The van der Waals surface area contributed by atoms with Gasteiger partial charge in [0, 0.05) is 32.2 Å². The molecule has 3 aliphatic rings. The van der Waals surface area contributed by atoms with Gasteiger partial charge in [0.05, 0.1) is 12.0 Å². The van der Waals surface area contributed by atoms with Crippen molar-refractivity contribution >= 4 is 11.8 Å². The fourth-order valence-corrected chi connectivity index (χ4v) is 5.22. The van der Waals surface area contributed by atoms with Crippen molar-refractivity contribution in [1.29, 1.82) is 0 Å². The zero-order valence-corrected chi connectivity index (χ0v) is 15.7. The van der Waals surface area contributed by atoms with Crippen molar-refractivity contribution < 1.29 is 14.3 Å². The minimum absolute atomic E-state index is 0.0587. The average Bonchev–Trinajstić information content (AvgIpc) is 2.89. The molecule has 1 N–H and O–H groups in total. The summed E-state index contributed by atoms with van der Waals surface area (Å²) in [5, 5.41) is 3.40. The standard InChI is InChI=1S/C20H34N2O3/c1-25-15-14-22-17-10-6-7-12-20(17,13-11-18(22)23)19(24)21-16-8-4-2-3-5-9-16/h16-17H,2-15H2,1H3,(H,21,24)/t17-,20-/m1/s1. The normalized spacial score (nSPS) is 31.3. The summed E-state index contributed by atoms with van der Waals surface area (Å²) in [6.07, 6.45) is 12.5. The molecule has 0 spiro atoms. The lowest BCUT2D eigenvalue weighted by atomic mass is 9.64. The molecule has 0 bridgehead atoms. The van der Waals surface area contributed by atoms with Gasteiger partial charge in [-0.05, 0) is 32.1 Å². The van der Waals surface area contributed by atoms with Crippen LogP contribution in [0.4, 0.5) is 0 Å². The summed E-state index contributed by atoms with van der Waals surface area (Å²) in [5.41, 5.74) is -0.369. The maximum Gasteiger partial charge on any atom is 0.228 e. The van der Waals surface area contributed by atoms with Crippen LogP contribution in [0.15, 0.2) is 0 Å². The van der Waals surface area contributed by atoms with E-state index in [-0.39, 0.29) is 23.3 Å². The molecule has 0 aromatic carbocycles. The molecule has 0 aromatic heterocycles. The topological polar surface area (TPSA) is 58.6 Å². The SMILES string of the molecule is COCCN1C(=O)CC[C@]2(C(=O)NC3CCCCCC3)CCCC[C@@H]12. The van der Waals surface area contributed by atoms with Gasteiger partial charge in [0.15, 0.2) is 0 Å². The minimum Gasteiger partial charge on any atom is -0.383 e. The highest BCUT2D eigenvalue weighted by Crippen LogP contribution is 2.46. The Kier molecular flexibility index (Phi) is 6.37. The third-order valence-electron chi connectivity index (χ3n) is 6.65. The molecule has 2 atom stereocenters. The van der Waals surface area contributed by atoms with Crippen LogP contribution >= 0.6 is 0 Å². The van der Waals surface area contributed by atoms with Crippen LogP contribution in [0.25, 0.3) is 0 Å². The van der Waals surface area contributed by atoms with Crippen molar-refractivity contribution in [2.45, 2.75) is 89.1 Å². The average molecular weight is 351 g/mol. The molecular weight excluding hydrogens is 316 g/mol. The summed E-state index contributed by atoms with van der Waals surface area (Å²) in [4.78, 5) is 27.8. The second-order valence-corrected chi connectivity index (χ2v) is 8.16. The maximum atomic E-state index is 13.4. The summed E-state index contributed by atoms with van der Waals surface area (Å²) < 4.78 is 5.21. The predicted octanol–water partition coefficient (Wildman–Crippen LogP) is 3.02. The summed E-state index contributed by atoms with van der Waals surface area (Å²) in [7, 11) is 1.67. The lowest BCUT2D eigenvalue weighted by Crippen LogP contribution is -2.63. The second-order valence-electron chi connectivity index (χ2n) is 8.16. The molecule has 0 radical (unpaired) electrons. The van der Waals surface area contributed by atoms with Crippen LogP contribution in [-0.2, 0) is 14.3 Å². The Balaban J connectivity index is 1.75. The smallest absolute Gasteiger partial charge is 0.228 e. The number of amides is 2. The van der Waals surface area contributed by atoms with Crippen molar-refractivity contribution in [2.75, 3.05) is 20.3 Å². The second kappa shape index (κ2) is 8.52. The summed E-state index contributed by atoms with van der Waals surface area (Å²) in [5.74, 6) is 0.417. The van der Waals surface area contributed by atoms with Gasteiger partial charge < -0.3 is 15.0 Å². The van der Waals surface area contributed by atoms with E-state index in [1.807, 2.05) is 4.90 Å². The fourth-order valence-electron chi connectivity index (χ4n) is 5.22. The molecule has 3 rings (SSSR count). The molecule has 2 amide bonds. The first kappa shape index (κ1) is 18.7. The first-order valence-electron chi connectivity index (χ1n) is 10.3. The zero-order chi connectivity index (χ0) is 17.7. The van der Waals surface area contributed by atoms with Crippen molar-refractivity contribution in [2.24, 2.45) is 5.41 Å². The van der Waals surface area contributed by atoms with Gasteiger partial charge in [0.2, 0.25) is 11.8 Å². The lowest BCUT2D eigenvalue weighted by molar-refractivity contribution is -0.156. The Hall–Kier alpha value is -1.10. The molecule has 0 aromatic rings. The highest BCUT2D eigenvalue weighted by atomic mass is 16.5. The van der Waals surface area contributed by atoms with Crippen molar-refractivity contribution in [3.8, 4) is 0 Å². The van der Waals surface area contributed by atoms with Gasteiger partial charge in [0.25, 0.3) is 0 Å². The number of carbonyl (C=O) groups excluding carboxylic acids is 2. The van der Waals surface area contributed by atoms with Gasteiger partial charge in [0.1, 0.15) is 0 Å². The molecule has 5 nitrogen and oxygen atoms in total. The van der Waals surface area contributed by atoms with Crippen molar-refractivity contribution in [1.82, 2.24) is 10.2 Å². The van der Waals surface area contributed by atoms with E-state index < -0.39 is 0 Å². The Morgan fingerprint density at radius 2 is 1.84 bits per heavy atom. The molecule has 142 valence electrons. The predicted molar refractivity (Wildman–Crippen MR) is 97.1 cm³/mol. The van der Waals surface area contributed by atoms with E-state index in [2.05, 4.69) is 5.32 Å². The number of carbonyl (C=O) groups is 2. The van der Waals surface area contributed by atoms with Crippen molar-refractivity contribution in [3.63, 3.8) is 0 Å². The van der Waals surface area contributed by atoms with Gasteiger partial charge in [-0.15, -0.1) is 0 Å². The van der Waals surface area contributed by atoms with Crippen molar-refractivity contribution in [3.05, 3.63) is 0 Å². The summed E-state index contributed by atoms with van der Waals surface area (Å²) in [6.45, 7) is 1.15. The fraction of sp³-hybridized carbons (Fsp3) is 0.900. The molecule has 3 fully saturated rings. The van der Waals surface area contributed by atoms with E-state index in [1.54, 1.807) is 7.11 Å². The number of methoxy groups -OCH3 is 1. The number of hydrogen-bond donors (Lipinski definition) is 1. The first-order chi connectivity index (χ1) is 12.2. The minimum atomic E-state index is -0.369. The van der Waals surface area contributed by atoms with E-state index in [4.69, 9.17) is 4.74 Å². The Bertz CT molecular complexity index is 474. The van der Waals surface area contributed by atoms with E-state index in [1.165, 1.54) is 25.7 Å². The molecule has 1 aliphatic heterocycles. The van der Waals surface area contributed by atoms with E-state index >= 15 is 0 Å². The highest BCUT2D eigenvalue weighted by molar-refractivity contribution is 5.88. The van der Waals surface area contributed by atoms with Crippen LogP contribution in [0, 0.1) is 5.41 Å². The number of likely N-dealkylation sites (tertiary alicyclic amines) is 1. The number of nitrogens with zero attached hydrogens (tertiary/aromatic N) is 1. The lowest BCUT2D eigenvalue weighted by Gasteiger charge is -2.51. The molecular formula is C20H34N2O3. The van der Waals surface area contributed by atoms with Gasteiger partial charge >= 0.3 is 0 Å². The van der Waals surface area contributed by atoms with Gasteiger partial charge in [-0.25, -0.2) is 0 Å². The van der Waals surface area contributed by atoms with Gasteiger partial charge in [-0.3, -0.25) is 9.59 Å². The number of nitrogens with one attached hydrogen (secondary N) is 1.